The summed E-state index contributed by atoms with van der Waals surface area (Å²) in [5, 5.41) is 1.94. The summed E-state index contributed by atoms with van der Waals surface area (Å²) in [6.45, 7) is 1.74. The SMILES string of the molecule is COc1cc(OC)c2c(OC)c3c(=O)cc(C)oc3cc2c1. The largest absolute Gasteiger partial charge is 0.497 e. The van der Waals surface area contributed by atoms with Crippen molar-refractivity contribution in [3.05, 3.63) is 40.2 Å². The lowest BCUT2D eigenvalue weighted by atomic mass is 10.0. The van der Waals surface area contributed by atoms with E-state index >= 15 is 0 Å². The predicted molar refractivity (Wildman–Crippen MR) is 84.4 cm³/mol. The summed E-state index contributed by atoms with van der Waals surface area (Å²) >= 11 is 0. The van der Waals surface area contributed by atoms with E-state index in [4.69, 9.17) is 18.6 Å². The molecule has 0 amide bonds. The molecule has 1 heterocycles. The molecule has 0 atom stereocenters. The van der Waals surface area contributed by atoms with Crippen LogP contribution >= 0.6 is 0 Å². The van der Waals surface area contributed by atoms with Crippen molar-refractivity contribution in [2.75, 3.05) is 21.3 Å². The molecule has 1 aromatic heterocycles. The summed E-state index contributed by atoms with van der Waals surface area (Å²) in [6.07, 6.45) is 0. The van der Waals surface area contributed by atoms with Crippen molar-refractivity contribution in [3.63, 3.8) is 0 Å². The first-order valence-corrected chi connectivity index (χ1v) is 6.76. The highest BCUT2D eigenvalue weighted by atomic mass is 16.5. The summed E-state index contributed by atoms with van der Waals surface area (Å²) in [5.74, 6) is 2.23. The molecule has 0 aliphatic heterocycles. The zero-order valence-electron chi connectivity index (χ0n) is 12.9. The number of fused-ring (bicyclic) bond motifs is 2. The minimum absolute atomic E-state index is 0.143. The Morgan fingerprint density at radius 3 is 2.32 bits per heavy atom. The van der Waals surface area contributed by atoms with Crippen LogP contribution < -0.4 is 19.6 Å². The van der Waals surface area contributed by atoms with Gasteiger partial charge in [0, 0.05) is 12.1 Å². The van der Waals surface area contributed by atoms with Crippen molar-refractivity contribution >= 4 is 21.7 Å². The Bertz CT molecular complexity index is 924. The maximum atomic E-state index is 12.3. The highest BCUT2D eigenvalue weighted by Crippen LogP contribution is 2.41. The van der Waals surface area contributed by atoms with Crippen LogP contribution in [0.2, 0.25) is 0 Å². The quantitative estimate of drug-likeness (QED) is 0.695. The van der Waals surface area contributed by atoms with Gasteiger partial charge in [0.25, 0.3) is 0 Å². The number of hydrogen-bond donors (Lipinski definition) is 0. The third kappa shape index (κ3) is 2.06. The Hall–Kier alpha value is -2.69. The molecule has 114 valence electrons. The molecule has 0 bridgehead atoms. The molecule has 0 aliphatic carbocycles. The molecule has 22 heavy (non-hydrogen) atoms. The van der Waals surface area contributed by atoms with Crippen molar-refractivity contribution in [3.8, 4) is 17.2 Å². The molecule has 5 nitrogen and oxygen atoms in total. The van der Waals surface area contributed by atoms with Gasteiger partial charge in [0.2, 0.25) is 0 Å². The lowest BCUT2D eigenvalue weighted by Gasteiger charge is -2.14. The van der Waals surface area contributed by atoms with Crippen LogP contribution in [0.3, 0.4) is 0 Å². The number of ether oxygens (including phenoxy) is 3. The maximum absolute atomic E-state index is 12.3. The maximum Gasteiger partial charge on any atom is 0.196 e. The van der Waals surface area contributed by atoms with Gasteiger partial charge in [0.15, 0.2) is 5.43 Å². The highest BCUT2D eigenvalue weighted by molar-refractivity contribution is 6.06. The van der Waals surface area contributed by atoms with Crippen molar-refractivity contribution in [2.45, 2.75) is 6.92 Å². The van der Waals surface area contributed by atoms with Gasteiger partial charge in [-0.2, -0.15) is 0 Å². The summed E-state index contributed by atoms with van der Waals surface area (Å²) in [5.41, 5.74) is 0.333. The third-order valence-electron chi connectivity index (χ3n) is 3.60. The Balaban J connectivity index is 2.58. The minimum Gasteiger partial charge on any atom is -0.497 e. The normalized spacial score (nSPS) is 10.9. The van der Waals surface area contributed by atoms with Gasteiger partial charge in [-0.25, -0.2) is 0 Å². The van der Waals surface area contributed by atoms with Crippen molar-refractivity contribution in [1.29, 1.82) is 0 Å². The summed E-state index contributed by atoms with van der Waals surface area (Å²) in [7, 11) is 4.68. The number of methoxy groups -OCH3 is 3. The lowest BCUT2D eigenvalue weighted by Crippen LogP contribution is -2.04. The van der Waals surface area contributed by atoms with E-state index in [-0.39, 0.29) is 5.43 Å². The van der Waals surface area contributed by atoms with E-state index in [1.165, 1.54) is 13.2 Å². The summed E-state index contributed by atoms with van der Waals surface area (Å²) in [4.78, 5) is 12.3. The second-order valence-electron chi connectivity index (χ2n) is 4.93. The van der Waals surface area contributed by atoms with Crippen LogP contribution in [0.5, 0.6) is 17.2 Å². The number of benzene rings is 2. The second kappa shape index (κ2) is 5.26. The Morgan fingerprint density at radius 2 is 1.68 bits per heavy atom. The predicted octanol–water partition coefficient (Wildman–Crippen LogP) is 3.28. The number of aryl methyl sites for hydroxylation is 1. The highest BCUT2D eigenvalue weighted by Gasteiger charge is 2.18. The Labute approximate surface area is 127 Å². The summed E-state index contributed by atoms with van der Waals surface area (Å²) < 4.78 is 21.9. The van der Waals surface area contributed by atoms with E-state index in [9.17, 15) is 4.79 Å². The molecule has 2 aromatic carbocycles. The molecule has 3 rings (SSSR count). The van der Waals surface area contributed by atoms with Gasteiger partial charge in [0.05, 0.1) is 26.7 Å². The van der Waals surface area contributed by atoms with E-state index in [2.05, 4.69) is 0 Å². The van der Waals surface area contributed by atoms with E-state index in [1.54, 1.807) is 33.3 Å². The van der Waals surface area contributed by atoms with E-state index in [1.807, 2.05) is 6.07 Å². The van der Waals surface area contributed by atoms with E-state index in [0.717, 1.165) is 10.8 Å². The van der Waals surface area contributed by atoms with Crippen LogP contribution in [0.25, 0.3) is 21.7 Å². The summed E-state index contributed by atoms with van der Waals surface area (Å²) in [6, 6.07) is 6.86. The fourth-order valence-corrected chi connectivity index (χ4v) is 2.67. The standard InChI is InChI=1S/C17H16O5/c1-9-5-12(18)16-14(22-9)7-10-6-11(19-2)8-13(20-3)15(10)17(16)21-4/h5-8H,1-4H3. The fraction of sp³-hybridized carbons (Fsp3) is 0.235. The molecule has 0 fully saturated rings. The van der Waals surface area contributed by atoms with Crippen LogP contribution in [0.15, 0.2) is 33.5 Å². The molecule has 3 aromatic rings. The average molecular weight is 300 g/mol. The Kier molecular flexibility index (Phi) is 3.41. The number of hydrogen-bond acceptors (Lipinski definition) is 5. The van der Waals surface area contributed by atoms with Gasteiger partial charge in [0.1, 0.15) is 34.0 Å². The molecule has 0 unspecified atom stereocenters. The minimum atomic E-state index is -0.143. The van der Waals surface area contributed by atoms with Gasteiger partial charge in [-0.05, 0) is 24.4 Å². The van der Waals surface area contributed by atoms with E-state index < -0.39 is 0 Å². The van der Waals surface area contributed by atoms with Crippen LogP contribution in [0, 0.1) is 6.92 Å². The molecule has 0 aliphatic rings. The van der Waals surface area contributed by atoms with Crippen LogP contribution in [-0.2, 0) is 0 Å². The number of rotatable bonds is 3. The average Bonchev–Trinajstić information content (AvgIpc) is 2.51. The van der Waals surface area contributed by atoms with Gasteiger partial charge in [-0.3, -0.25) is 4.79 Å². The first-order valence-electron chi connectivity index (χ1n) is 6.76. The molecule has 0 N–H and O–H groups in total. The van der Waals surface area contributed by atoms with Crippen molar-refractivity contribution in [2.24, 2.45) is 0 Å². The van der Waals surface area contributed by atoms with Gasteiger partial charge in [-0.15, -0.1) is 0 Å². The first-order chi connectivity index (χ1) is 10.6. The molecule has 0 radical (unpaired) electrons. The Morgan fingerprint density at radius 1 is 0.909 bits per heavy atom. The van der Waals surface area contributed by atoms with Gasteiger partial charge >= 0.3 is 0 Å². The molecule has 0 spiro atoms. The first kappa shape index (κ1) is 14.3. The fourth-order valence-electron chi connectivity index (χ4n) is 2.67. The molecular formula is C17H16O5. The van der Waals surface area contributed by atoms with Crippen LogP contribution in [0.1, 0.15) is 5.76 Å². The third-order valence-corrected chi connectivity index (χ3v) is 3.60. The second-order valence-corrected chi connectivity index (χ2v) is 4.93. The van der Waals surface area contributed by atoms with Gasteiger partial charge < -0.3 is 18.6 Å². The van der Waals surface area contributed by atoms with Crippen LogP contribution in [-0.4, -0.2) is 21.3 Å². The topological polar surface area (TPSA) is 57.9 Å². The van der Waals surface area contributed by atoms with Crippen molar-refractivity contribution in [1.82, 2.24) is 0 Å². The van der Waals surface area contributed by atoms with Crippen LogP contribution in [0.4, 0.5) is 0 Å². The monoisotopic (exact) mass is 300 g/mol. The zero-order chi connectivity index (χ0) is 15.9. The molecular weight excluding hydrogens is 284 g/mol. The smallest absolute Gasteiger partial charge is 0.196 e. The van der Waals surface area contributed by atoms with E-state index in [0.29, 0.717) is 34.0 Å². The molecule has 5 heteroatoms. The van der Waals surface area contributed by atoms with Crippen molar-refractivity contribution < 1.29 is 18.6 Å². The molecule has 0 saturated carbocycles. The molecule has 0 saturated heterocycles. The zero-order valence-corrected chi connectivity index (χ0v) is 12.9. The van der Waals surface area contributed by atoms with Gasteiger partial charge in [-0.1, -0.05) is 0 Å². The lowest BCUT2D eigenvalue weighted by molar-refractivity contribution is 0.393.